The number of para-hydroxylation sites is 1. The van der Waals surface area contributed by atoms with Crippen molar-refractivity contribution in [3.63, 3.8) is 0 Å². The van der Waals surface area contributed by atoms with Gasteiger partial charge in [0.25, 0.3) is 0 Å². The van der Waals surface area contributed by atoms with Crippen LogP contribution < -0.4 is 0 Å². The smallest absolute Gasteiger partial charge is 0.236 e. The molecule has 1 aliphatic rings. The average Bonchev–Trinajstić information content (AvgIpc) is 3.10. The van der Waals surface area contributed by atoms with E-state index >= 15 is 0 Å². The molecule has 0 aliphatic carbocycles. The number of benzene rings is 1. The minimum absolute atomic E-state index is 0.147. The Morgan fingerprint density at radius 2 is 1.96 bits per heavy atom. The molecule has 1 aromatic heterocycles. The molecule has 1 aliphatic heterocycles. The Bertz CT molecular complexity index is 676. The van der Waals surface area contributed by atoms with Gasteiger partial charge in [-0.05, 0) is 37.0 Å². The molecule has 2 aromatic rings. The number of aromatic hydroxyl groups is 1. The average molecular weight is 342 g/mol. The molecule has 5 heteroatoms. The van der Waals surface area contributed by atoms with Crippen LogP contribution in [0.3, 0.4) is 0 Å². The van der Waals surface area contributed by atoms with Gasteiger partial charge in [0.2, 0.25) is 5.91 Å². The van der Waals surface area contributed by atoms with Crippen LogP contribution in [0.1, 0.15) is 31.1 Å². The number of nitrogens with zero attached hydrogens (tertiary/aromatic N) is 2. The Morgan fingerprint density at radius 3 is 2.64 bits per heavy atom. The lowest BCUT2D eigenvalue weighted by molar-refractivity contribution is -0.134. The van der Waals surface area contributed by atoms with Crippen LogP contribution >= 0.6 is 0 Å². The number of piperidine rings is 1. The number of hydrogen-bond acceptors (Lipinski definition) is 4. The van der Waals surface area contributed by atoms with E-state index in [1.165, 1.54) is 0 Å². The summed E-state index contributed by atoms with van der Waals surface area (Å²) in [4.78, 5) is 16.7. The van der Waals surface area contributed by atoms with Gasteiger partial charge in [-0.2, -0.15) is 0 Å². The number of carbonyl (C=O) groups is 1. The SMILES string of the molecule is CC1CCN(C(=O)CN(Cc2ccco2)Cc2ccccc2O)CC1. The number of phenolic OH excluding ortho intramolecular Hbond substituents is 1. The second kappa shape index (κ2) is 8.21. The molecule has 1 fully saturated rings. The number of carbonyl (C=O) groups excluding carboxylic acids is 1. The highest BCUT2D eigenvalue weighted by atomic mass is 16.3. The molecule has 0 saturated carbocycles. The van der Waals surface area contributed by atoms with E-state index in [0.717, 1.165) is 37.3 Å². The number of likely N-dealkylation sites (tertiary alicyclic amines) is 1. The lowest BCUT2D eigenvalue weighted by atomic mass is 9.99. The molecule has 1 aromatic carbocycles. The van der Waals surface area contributed by atoms with Crippen LogP contribution in [0, 0.1) is 5.92 Å². The van der Waals surface area contributed by atoms with E-state index in [1.54, 1.807) is 18.4 Å². The topological polar surface area (TPSA) is 56.9 Å². The summed E-state index contributed by atoms with van der Waals surface area (Å²) in [7, 11) is 0. The zero-order valence-corrected chi connectivity index (χ0v) is 14.7. The highest BCUT2D eigenvalue weighted by molar-refractivity contribution is 5.78. The molecule has 0 spiro atoms. The molecular formula is C20H26N2O3. The molecule has 134 valence electrons. The van der Waals surface area contributed by atoms with Gasteiger partial charge in [-0.25, -0.2) is 0 Å². The second-order valence-electron chi connectivity index (χ2n) is 6.92. The third-order valence-electron chi connectivity index (χ3n) is 4.84. The molecular weight excluding hydrogens is 316 g/mol. The van der Waals surface area contributed by atoms with Crippen LogP contribution in [0.2, 0.25) is 0 Å². The van der Waals surface area contributed by atoms with E-state index in [9.17, 15) is 9.90 Å². The van der Waals surface area contributed by atoms with Crippen molar-refractivity contribution in [2.45, 2.75) is 32.9 Å². The fraction of sp³-hybridized carbons (Fsp3) is 0.450. The molecule has 0 unspecified atom stereocenters. The van der Waals surface area contributed by atoms with Crippen LogP contribution in [0.25, 0.3) is 0 Å². The highest BCUT2D eigenvalue weighted by Crippen LogP contribution is 2.20. The maximum atomic E-state index is 12.7. The van der Waals surface area contributed by atoms with Crippen LogP contribution in [-0.4, -0.2) is 40.4 Å². The third-order valence-corrected chi connectivity index (χ3v) is 4.84. The van der Waals surface area contributed by atoms with Gasteiger partial charge in [0.1, 0.15) is 11.5 Å². The predicted molar refractivity (Wildman–Crippen MR) is 95.9 cm³/mol. The zero-order valence-electron chi connectivity index (χ0n) is 14.7. The summed E-state index contributed by atoms with van der Waals surface area (Å²) in [6, 6.07) is 11.0. The molecule has 5 nitrogen and oxygen atoms in total. The molecule has 25 heavy (non-hydrogen) atoms. The summed E-state index contributed by atoms with van der Waals surface area (Å²) in [6.45, 7) is 5.28. The largest absolute Gasteiger partial charge is 0.508 e. The Balaban J connectivity index is 1.67. The molecule has 2 heterocycles. The van der Waals surface area contributed by atoms with Crippen LogP contribution in [0.5, 0.6) is 5.75 Å². The number of hydrogen-bond donors (Lipinski definition) is 1. The van der Waals surface area contributed by atoms with Crippen LogP contribution in [-0.2, 0) is 17.9 Å². The number of rotatable bonds is 6. The Morgan fingerprint density at radius 1 is 1.20 bits per heavy atom. The number of furan rings is 1. The first-order valence-electron chi connectivity index (χ1n) is 8.91. The normalized spacial score (nSPS) is 15.7. The van der Waals surface area contributed by atoms with Crippen molar-refractivity contribution in [1.82, 2.24) is 9.80 Å². The predicted octanol–water partition coefficient (Wildman–Crippen LogP) is 3.25. The molecule has 1 N–H and O–H groups in total. The second-order valence-corrected chi connectivity index (χ2v) is 6.92. The fourth-order valence-electron chi connectivity index (χ4n) is 3.23. The summed E-state index contributed by atoms with van der Waals surface area (Å²) in [5.74, 6) is 1.92. The standard InChI is InChI=1S/C20H26N2O3/c1-16-8-10-22(11-9-16)20(24)15-21(14-18-6-4-12-25-18)13-17-5-2-3-7-19(17)23/h2-7,12,16,23H,8-11,13-15H2,1H3. The minimum atomic E-state index is 0.147. The van der Waals surface area contributed by atoms with Gasteiger partial charge in [-0.15, -0.1) is 0 Å². The fourth-order valence-corrected chi connectivity index (χ4v) is 3.23. The van der Waals surface area contributed by atoms with Gasteiger partial charge >= 0.3 is 0 Å². The van der Waals surface area contributed by atoms with Crippen molar-refractivity contribution < 1.29 is 14.3 Å². The first-order chi connectivity index (χ1) is 12.1. The lowest BCUT2D eigenvalue weighted by Gasteiger charge is -2.32. The first-order valence-corrected chi connectivity index (χ1v) is 8.91. The van der Waals surface area contributed by atoms with Gasteiger partial charge in [-0.1, -0.05) is 25.1 Å². The van der Waals surface area contributed by atoms with Gasteiger partial charge in [0, 0.05) is 25.2 Å². The molecule has 0 radical (unpaired) electrons. The van der Waals surface area contributed by atoms with Crippen LogP contribution in [0.4, 0.5) is 0 Å². The summed E-state index contributed by atoms with van der Waals surface area (Å²) in [6.07, 6.45) is 3.79. The Labute approximate surface area is 148 Å². The van der Waals surface area contributed by atoms with Crippen LogP contribution in [0.15, 0.2) is 47.1 Å². The first kappa shape index (κ1) is 17.5. The number of phenols is 1. The van der Waals surface area contributed by atoms with Crippen molar-refractivity contribution in [3.05, 3.63) is 54.0 Å². The highest BCUT2D eigenvalue weighted by Gasteiger charge is 2.23. The van der Waals surface area contributed by atoms with E-state index in [4.69, 9.17) is 4.42 Å². The minimum Gasteiger partial charge on any atom is -0.508 e. The van der Waals surface area contributed by atoms with E-state index in [1.807, 2.05) is 34.1 Å². The molecule has 1 saturated heterocycles. The number of amides is 1. The Kier molecular flexibility index (Phi) is 5.76. The van der Waals surface area contributed by atoms with E-state index in [-0.39, 0.29) is 11.7 Å². The Hall–Kier alpha value is -2.27. The summed E-state index contributed by atoms with van der Waals surface area (Å²) < 4.78 is 5.44. The molecule has 0 atom stereocenters. The summed E-state index contributed by atoms with van der Waals surface area (Å²) >= 11 is 0. The van der Waals surface area contributed by atoms with E-state index in [0.29, 0.717) is 25.6 Å². The summed E-state index contributed by atoms with van der Waals surface area (Å²) in [5, 5.41) is 10.1. The lowest BCUT2D eigenvalue weighted by Crippen LogP contribution is -2.43. The van der Waals surface area contributed by atoms with Crippen molar-refractivity contribution in [2.75, 3.05) is 19.6 Å². The maximum absolute atomic E-state index is 12.7. The van der Waals surface area contributed by atoms with Crippen molar-refractivity contribution in [3.8, 4) is 5.75 Å². The van der Waals surface area contributed by atoms with Gasteiger partial charge in [0.15, 0.2) is 0 Å². The van der Waals surface area contributed by atoms with Crippen molar-refractivity contribution in [2.24, 2.45) is 5.92 Å². The molecule has 3 rings (SSSR count). The maximum Gasteiger partial charge on any atom is 0.236 e. The zero-order chi connectivity index (χ0) is 17.6. The van der Waals surface area contributed by atoms with Crippen molar-refractivity contribution >= 4 is 5.91 Å². The third kappa shape index (κ3) is 4.86. The van der Waals surface area contributed by atoms with Gasteiger partial charge in [0.05, 0.1) is 19.4 Å². The van der Waals surface area contributed by atoms with E-state index < -0.39 is 0 Å². The quantitative estimate of drug-likeness (QED) is 0.875. The molecule has 0 bridgehead atoms. The van der Waals surface area contributed by atoms with Gasteiger partial charge in [-0.3, -0.25) is 9.69 Å². The summed E-state index contributed by atoms with van der Waals surface area (Å²) in [5.41, 5.74) is 0.814. The molecule has 1 amide bonds. The van der Waals surface area contributed by atoms with Gasteiger partial charge < -0.3 is 14.4 Å². The van der Waals surface area contributed by atoms with E-state index in [2.05, 4.69) is 6.92 Å². The monoisotopic (exact) mass is 342 g/mol. The van der Waals surface area contributed by atoms with Crippen molar-refractivity contribution in [1.29, 1.82) is 0 Å².